The number of benzene rings is 1. The lowest BCUT2D eigenvalue weighted by atomic mass is 9.85. The van der Waals surface area contributed by atoms with Crippen LogP contribution < -0.4 is 0 Å². The maximum atomic E-state index is 9.62. The molecule has 1 aromatic carbocycles. The fourth-order valence-electron chi connectivity index (χ4n) is 2.54. The van der Waals surface area contributed by atoms with Gasteiger partial charge in [0.2, 0.25) is 0 Å². The first kappa shape index (κ1) is 15.2. The van der Waals surface area contributed by atoms with E-state index in [9.17, 15) is 5.11 Å². The summed E-state index contributed by atoms with van der Waals surface area (Å²) in [5.41, 5.74) is 2.58. The zero-order valence-electron chi connectivity index (χ0n) is 12.2. The van der Waals surface area contributed by atoms with Crippen LogP contribution in [0.15, 0.2) is 24.3 Å². The number of hydrogen-bond acceptors (Lipinski definition) is 1. The number of unbranched alkanes of at least 4 members (excludes halogenated alkanes) is 1. The summed E-state index contributed by atoms with van der Waals surface area (Å²) in [6, 6.07) is 8.63. The Balaban J connectivity index is 2.62. The number of hydrogen-bond donors (Lipinski definition) is 1. The fraction of sp³-hybridized carbons (Fsp3) is 0.647. The van der Waals surface area contributed by atoms with Gasteiger partial charge in [0.1, 0.15) is 0 Å². The molecule has 0 bridgehead atoms. The summed E-state index contributed by atoms with van der Waals surface area (Å²) in [6.45, 7) is 6.89. The molecule has 2 unspecified atom stereocenters. The molecule has 1 rings (SSSR count). The average molecular weight is 248 g/mol. The molecule has 0 amide bonds. The first-order valence-electron chi connectivity index (χ1n) is 7.38. The summed E-state index contributed by atoms with van der Waals surface area (Å²) >= 11 is 0. The highest BCUT2D eigenvalue weighted by Crippen LogP contribution is 2.28. The predicted molar refractivity (Wildman–Crippen MR) is 78.9 cm³/mol. The quantitative estimate of drug-likeness (QED) is 0.708. The number of aliphatic hydroxyl groups excluding tert-OH is 1. The molecule has 1 nitrogen and oxygen atoms in total. The van der Waals surface area contributed by atoms with E-state index in [0.717, 1.165) is 12.3 Å². The van der Waals surface area contributed by atoms with E-state index in [1.54, 1.807) is 0 Å². The van der Waals surface area contributed by atoms with Crippen molar-refractivity contribution < 1.29 is 5.11 Å². The van der Waals surface area contributed by atoms with Gasteiger partial charge in [-0.3, -0.25) is 0 Å². The lowest BCUT2D eigenvalue weighted by Crippen LogP contribution is -2.11. The van der Waals surface area contributed by atoms with E-state index >= 15 is 0 Å². The van der Waals surface area contributed by atoms with Crippen molar-refractivity contribution in [2.24, 2.45) is 5.92 Å². The summed E-state index contributed by atoms with van der Waals surface area (Å²) < 4.78 is 0. The third kappa shape index (κ3) is 4.81. The molecule has 0 aliphatic heterocycles. The molecule has 18 heavy (non-hydrogen) atoms. The zero-order valence-corrected chi connectivity index (χ0v) is 12.2. The lowest BCUT2D eigenvalue weighted by Gasteiger charge is -2.21. The van der Waals surface area contributed by atoms with Gasteiger partial charge >= 0.3 is 0 Å². The number of rotatable bonds is 8. The second-order valence-corrected chi connectivity index (χ2v) is 5.44. The van der Waals surface area contributed by atoms with Gasteiger partial charge in [-0.1, -0.05) is 69.4 Å². The third-order valence-corrected chi connectivity index (χ3v) is 3.93. The van der Waals surface area contributed by atoms with Gasteiger partial charge in [-0.2, -0.15) is 0 Å². The molecule has 0 saturated heterocycles. The Bertz CT molecular complexity index is 315. The van der Waals surface area contributed by atoms with Crippen molar-refractivity contribution in [2.75, 3.05) is 6.61 Å². The molecule has 1 N–H and O–H groups in total. The smallest absolute Gasteiger partial charge is 0.0499 e. The van der Waals surface area contributed by atoms with Gasteiger partial charge in [0.15, 0.2) is 0 Å². The average Bonchev–Trinajstić information content (AvgIpc) is 2.40. The van der Waals surface area contributed by atoms with E-state index in [2.05, 4.69) is 45.0 Å². The first-order valence-corrected chi connectivity index (χ1v) is 7.38. The largest absolute Gasteiger partial charge is 0.396 e. The molecule has 2 atom stereocenters. The van der Waals surface area contributed by atoms with Crippen molar-refractivity contribution in [3.8, 4) is 0 Å². The van der Waals surface area contributed by atoms with Gasteiger partial charge in [-0.25, -0.2) is 0 Å². The fourth-order valence-corrected chi connectivity index (χ4v) is 2.54. The van der Waals surface area contributed by atoms with Gasteiger partial charge in [-0.05, 0) is 24.8 Å². The Morgan fingerprint density at radius 1 is 1.11 bits per heavy atom. The number of aliphatic hydroxyl groups is 1. The van der Waals surface area contributed by atoms with Crippen molar-refractivity contribution in [3.05, 3.63) is 35.4 Å². The standard InChI is InChI=1S/C17H28O/c1-4-6-7-15(5-2)12-17(13-18)16-10-8-14(3)9-11-16/h8-11,15,17-18H,4-7,12-13H2,1-3H3. The molecule has 1 heteroatoms. The Morgan fingerprint density at radius 3 is 2.28 bits per heavy atom. The topological polar surface area (TPSA) is 20.2 Å². The molecule has 0 spiro atoms. The van der Waals surface area contributed by atoms with E-state index < -0.39 is 0 Å². The minimum Gasteiger partial charge on any atom is -0.396 e. The van der Waals surface area contributed by atoms with Crippen LogP contribution in [0.25, 0.3) is 0 Å². The van der Waals surface area contributed by atoms with Crippen LogP contribution in [0.5, 0.6) is 0 Å². The van der Waals surface area contributed by atoms with E-state index in [-0.39, 0.29) is 6.61 Å². The SMILES string of the molecule is CCCCC(CC)CC(CO)c1ccc(C)cc1. The molecule has 0 fully saturated rings. The molecule has 1 aromatic rings. The summed E-state index contributed by atoms with van der Waals surface area (Å²) in [7, 11) is 0. The molecular weight excluding hydrogens is 220 g/mol. The molecule has 0 saturated carbocycles. The van der Waals surface area contributed by atoms with Crippen LogP contribution in [0, 0.1) is 12.8 Å². The van der Waals surface area contributed by atoms with E-state index in [1.807, 2.05) is 0 Å². The van der Waals surface area contributed by atoms with Gasteiger partial charge in [-0.15, -0.1) is 0 Å². The van der Waals surface area contributed by atoms with Crippen molar-refractivity contribution in [1.29, 1.82) is 0 Å². The molecule has 0 heterocycles. The third-order valence-electron chi connectivity index (χ3n) is 3.93. The summed E-state index contributed by atoms with van der Waals surface area (Å²) in [5.74, 6) is 1.07. The van der Waals surface area contributed by atoms with Crippen LogP contribution in [0.2, 0.25) is 0 Å². The van der Waals surface area contributed by atoms with Crippen molar-refractivity contribution in [1.82, 2.24) is 0 Å². The molecule has 0 aliphatic rings. The Morgan fingerprint density at radius 2 is 1.78 bits per heavy atom. The van der Waals surface area contributed by atoms with Crippen LogP contribution in [0.1, 0.15) is 63.0 Å². The summed E-state index contributed by atoms with van der Waals surface area (Å²) in [5, 5.41) is 9.62. The highest BCUT2D eigenvalue weighted by molar-refractivity contribution is 5.24. The highest BCUT2D eigenvalue weighted by atomic mass is 16.3. The van der Waals surface area contributed by atoms with Crippen LogP contribution in [-0.4, -0.2) is 11.7 Å². The van der Waals surface area contributed by atoms with Gasteiger partial charge in [0, 0.05) is 12.5 Å². The second kappa shape index (κ2) is 8.31. The molecular formula is C17H28O. The lowest BCUT2D eigenvalue weighted by molar-refractivity contribution is 0.237. The van der Waals surface area contributed by atoms with E-state index in [1.165, 1.54) is 36.8 Å². The maximum absolute atomic E-state index is 9.62. The van der Waals surface area contributed by atoms with Crippen molar-refractivity contribution >= 4 is 0 Å². The number of aryl methyl sites for hydroxylation is 1. The van der Waals surface area contributed by atoms with E-state index in [0.29, 0.717) is 5.92 Å². The summed E-state index contributed by atoms with van der Waals surface area (Å²) in [4.78, 5) is 0. The van der Waals surface area contributed by atoms with Crippen LogP contribution in [0.3, 0.4) is 0 Å². The van der Waals surface area contributed by atoms with Crippen molar-refractivity contribution in [3.63, 3.8) is 0 Å². The van der Waals surface area contributed by atoms with Crippen LogP contribution >= 0.6 is 0 Å². The minimum atomic E-state index is 0.270. The highest BCUT2D eigenvalue weighted by Gasteiger charge is 2.16. The van der Waals surface area contributed by atoms with Crippen LogP contribution in [0.4, 0.5) is 0 Å². The van der Waals surface area contributed by atoms with Gasteiger partial charge in [0.05, 0.1) is 0 Å². The molecule has 0 radical (unpaired) electrons. The summed E-state index contributed by atoms with van der Waals surface area (Å²) in [6.07, 6.45) is 6.23. The minimum absolute atomic E-state index is 0.270. The Labute approximate surface area is 112 Å². The van der Waals surface area contributed by atoms with Gasteiger partial charge in [0.25, 0.3) is 0 Å². The Hall–Kier alpha value is -0.820. The maximum Gasteiger partial charge on any atom is 0.0499 e. The zero-order chi connectivity index (χ0) is 13.4. The first-order chi connectivity index (χ1) is 8.71. The normalized spacial score (nSPS) is 14.4. The second-order valence-electron chi connectivity index (χ2n) is 5.44. The molecule has 0 aliphatic carbocycles. The van der Waals surface area contributed by atoms with Crippen molar-refractivity contribution in [2.45, 2.75) is 58.8 Å². The monoisotopic (exact) mass is 248 g/mol. The Kier molecular flexibility index (Phi) is 7.04. The molecule has 102 valence electrons. The van der Waals surface area contributed by atoms with Gasteiger partial charge < -0.3 is 5.11 Å². The predicted octanol–water partition coefficient (Wildman–Crippen LogP) is 4.68. The molecule has 0 aromatic heterocycles. The van der Waals surface area contributed by atoms with Crippen LogP contribution in [-0.2, 0) is 0 Å². The van der Waals surface area contributed by atoms with E-state index in [4.69, 9.17) is 0 Å².